The summed E-state index contributed by atoms with van der Waals surface area (Å²) in [5, 5.41) is 8.78. The molecule has 72 valence electrons. The third-order valence-electron chi connectivity index (χ3n) is 2.13. The molecule has 4 heteroatoms. The van der Waals surface area contributed by atoms with E-state index < -0.39 is 12.0 Å². The van der Waals surface area contributed by atoms with E-state index >= 15 is 0 Å². The van der Waals surface area contributed by atoms with Crippen LogP contribution in [-0.2, 0) is 9.59 Å². The smallest absolute Gasteiger partial charge is 0.326 e. The Kier molecular flexibility index (Phi) is 3.06. The number of amides is 1. The van der Waals surface area contributed by atoms with Crippen molar-refractivity contribution in [1.29, 1.82) is 0 Å². The zero-order valence-corrected chi connectivity index (χ0v) is 7.56. The highest BCUT2D eigenvalue weighted by atomic mass is 16.4. The maximum atomic E-state index is 11.3. The Labute approximate surface area is 76.8 Å². The molecule has 0 bridgehead atoms. The van der Waals surface area contributed by atoms with Crippen LogP contribution in [0, 0.1) is 0 Å². The fourth-order valence-corrected chi connectivity index (χ4v) is 1.53. The molecule has 1 aliphatic heterocycles. The number of likely N-dealkylation sites (tertiary alicyclic amines) is 1. The molecular weight excluding hydrogens is 170 g/mol. The molecule has 1 N–H and O–H groups in total. The first-order valence-corrected chi connectivity index (χ1v) is 4.33. The van der Waals surface area contributed by atoms with Crippen LogP contribution in [0.15, 0.2) is 12.2 Å². The Hall–Kier alpha value is -1.32. The van der Waals surface area contributed by atoms with Crippen LogP contribution in [0.1, 0.15) is 19.8 Å². The van der Waals surface area contributed by atoms with Gasteiger partial charge in [-0.15, -0.1) is 0 Å². The second-order valence-electron chi connectivity index (χ2n) is 3.03. The number of rotatable bonds is 2. The summed E-state index contributed by atoms with van der Waals surface area (Å²) in [7, 11) is 0. The lowest BCUT2D eigenvalue weighted by Gasteiger charge is -2.19. The van der Waals surface area contributed by atoms with Crippen molar-refractivity contribution in [2.75, 3.05) is 6.54 Å². The van der Waals surface area contributed by atoms with Gasteiger partial charge in [-0.1, -0.05) is 6.08 Å². The van der Waals surface area contributed by atoms with E-state index in [1.807, 2.05) is 0 Å². The van der Waals surface area contributed by atoms with Gasteiger partial charge < -0.3 is 10.0 Å². The average molecular weight is 183 g/mol. The van der Waals surface area contributed by atoms with E-state index in [-0.39, 0.29) is 5.91 Å². The summed E-state index contributed by atoms with van der Waals surface area (Å²) in [5.41, 5.74) is 0. The number of nitrogens with zero attached hydrogens (tertiary/aromatic N) is 1. The van der Waals surface area contributed by atoms with Crippen molar-refractivity contribution in [1.82, 2.24) is 4.90 Å². The zero-order valence-electron chi connectivity index (χ0n) is 7.56. The Bertz CT molecular complexity index is 247. The zero-order chi connectivity index (χ0) is 9.84. The lowest BCUT2D eigenvalue weighted by atomic mass is 10.2. The summed E-state index contributed by atoms with van der Waals surface area (Å²) in [4.78, 5) is 23.4. The lowest BCUT2D eigenvalue weighted by Crippen LogP contribution is -2.39. The van der Waals surface area contributed by atoms with Crippen molar-refractivity contribution in [3.63, 3.8) is 0 Å². The highest BCUT2D eigenvalue weighted by Crippen LogP contribution is 2.17. The fourth-order valence-electron chi connectivity index (χ4n) is 1.53. The molecule has 1 amide bonds. The van der Waals surface area contributed by atoms with E-state index in [2.05, 4.69) is 0 Å². The molecule has 0 aliphatic carbocycles. The third-order valence-corrected chi connectivity index (χ3v) is 2.13. The summed E-state index contributed by atoms with van der Waals surface area (Å²) >= 11 is 0. The summed E-state index contributed by atoms with van der Waals surface area (Å²) in [6.45, 7) is 2.30. The number of carbonyl (C=O) groups excluding carboxylic acids is 1. The number of aliphatic carboxylic acids is 1. The minimum Gasteiger partial charge on any atom is -0.480 e. The lowest BCUT2D eigenvalue weighted by molar-refractivity contribution is -0.146. The number of allylic oxidation sites excluding steroid dienone is 1. The van der Waals surface area contributed by atoms with Gasteiger partial charge in [0.05, 0.1) is 0 Å². The minimum atomic E-state index is -0.907. The predicted octanol–water partition coefficient (Wildman–Crippen LogP) is 0.638. The fraction of sp³-hybridized carbons (Fsp3) is 0.556. The van der Waals surface area contributed by atoms with E-state index in [0.717, 1.165) is 6.42 Å². The third kappa shape index (κ3) is 2.08. The van der Waals surface area contributed by atoms with Crippen LogP contribution < -0.4 is 0 Å². The van der Waals surface area contributed by atoms with Gasteiger partial charge in [0.25, 0.3) is 0 Å². The summed E-state index contributed by atoms with van der Waals surface area (Å²) in [6, 6.07) is -0.622. The second kappa shape index (κ2) is 4.07. The topological polar surface area (TPSA) is 57.6 Å². The Balaban J connectivity index is 2.68. The van der Waals surface area contributed by atoms with Gasteiger partial charge >= 0.3 is 5.97 Å². The van der Waals surface area contributed by atoms with Crippen LogP contribution >= 0.6 is 0 Å². The van der Waals surface area contributed by atoms with Gasteiger partial charge in [0.2, 0.25) is 5.91 Å². The maximum absolute atomic E-state index is 11.3. The molecule has 13 heavy (non-hydrogen) atoms. The van der Waals surface area contributed by atoms with Crippen molar-refractivity contribution in [2.45, 2.75) is 25.8 Å². The van der Waals surface area contributed by atoms with Gasteiger partial charge in [0, 0.05) is 6.54 Å². The molecule has 1 rings (SSSR count). The molecule has 1 aliphatic rings. The molecule has 0 aromatic carbocycles. The van der Waals surface area contributed by atoms with Gasteiger partial charge in [-0.3, -0.25) is 4.79 Å². The minimum absolute atomic E-state index is 0.201. The Morgan fingerprint density at radius 1 is 1.54 bits per heavy atom. The first-order valence-electron chi connectivity index (χ1n) is 4.33. The van der Waals surface area contributed by atoms with Gasteiger partial charge in [0.1, 0.15) is 6.04 Å². The van der Waals surface area contributed by atoms with Gasteiger partial charge in [-0.05, 0) is 25.8 Å². The van der Waals surface area contributed by atoms with Crippen LogP contribution in [-0.4, -0.2) is 34.5 Å². The van der Waals surface area contributed by atoms with Crippen LogP contribution in [0.3, 0.4) is 0 Å². The molecular formula is C9H13NO3. The molecule has 1 saturated heterocycles. The first kappa shape index (κ1) is 9.77. The van der Waals surface area contributed by atoms with E-state index in [9.17, 15) is 9.59 Å². The normalized spacial score (nSPS) is 22.5. The molecule has 0 radical (unpaired) electrons. The molecule has 0 aromatic heterocycles. The molecule has 0 spiro atoms. The van der Waals surface area contributed by atoms with Gasteiger partial charge in [-0.2, -0.15) is 0 Å². The maximum Gasteiger partial charge on any atom is 0.326 e. The van der Waals surface area contributed by atoms with E-state index in [0.29, 0.717) is 13.0 Å². The molecule has 1 atom stereocenters. The SMILES string of the molecule is CC=CC(=O)N1CCC[C@@H]1C(=O)O. The highest BCUT2D eigenvalue weighted by Gasteiger charge is 2.32. The molecule has 1 fully saturated rings. The second-order valence-corrected chi connectivity index (χ2v) is 3.03. The van der Waals surface area contributed by atoms with Gasteiger partial charge in [-0.25, -0.2) is 4.79 Å². The van der Waals surface area contributed by atoms with Crippen molar-refractivity contribution >= 4 is 11.9 Å². The Morgan fingerprint density at radius 3 is 2.77 bits per heavy atom. The number of carboxylic acid groups (broad SMARTS) is 1. The first-order chi connectivity index (χ1) is 6.16. The summed E-state index contributed by atoms with van der Waals surface area (Å²) < 4.78 is 0. The number of carboxylic acids is 1. The van der Waals surface area contributed by atoms with Crippen molar-refractivity contribution in [3.05, 3.63) is 12.2 Å². The number of carbonyl (C=O) groups is 2. The van der Waals surface area contributed by atoms with Crippen LogP contribution in [0.4, 0.5) is 0 Å². The molecule has 4 nitrogen and oxygen atoms in total. The monoisotopic (exact) mass is 183 g/mol. The molecule has 1 heterocycles. The molecule has 0 saturated carbocycles. The van der Waals surface area contributed by atoms with Gasteiger partial charge in [0.15, 0.2) is 0 Å². The van der Waals surface area contributed by atoms with Crippen molar-refractivity contribution < 1.29 is 14.7 Å². The molecule has 0 unspecified atom stereocenters. The van der Waals surface area contributed by atoms with E-state index in [1.165, 1.54) is 11.0 Å². The summed E-state index contributed by atoms with van der Waals surface area (Å²) in [5.74, 6) is -1.11. The van der Waals surface area contributed by atoms with E-state index in [1.54, 1.807) is 13.0 Å². The predicted molar refractivity (Wildman–Crippen MR) is 47.2 cm³/mol. The largest absolute Gasteiger partial charge is 0.480 e. The number of hydrogen-bond acceptors (Lipinski definition) is 2. The Morgan fingerprint density at radius 2 is 2.23 bits per heavy atom. The highest BCUT2D eigenvalue weighted by molar-refractivity contribution is 5.91. The molecule has 0 aromatic rings. The standard InChI is InChI=1S/C9H13NO3/c1-2-4-8(11)10-6-3-5-7(10)9(12)13/h2,4,7H,3,5-6H2,1H3,(H,12,13)/t7-/m1/s1. The van der Waals surface area contributed by atoms with E-state index in [4.69, 9.17) is 5.11 Å². The number of hydrogen-bond donors (Lipinski definition) is 1. The summed E-state index contributed by atoms with van der Waals surface area (Å²) in [6.07, 6.45) is 4.37. The van der Waals surface area contributed by atoms with Crippen molar-refractivity contribution in [3.8, 4) is 0 Å². The quantitative estimate of drug-likeness (QED) is 0.639. The average Bonchev–Trinajstić information content (AvgIpc) is 2.52. The van der Waals surface area contributed by atoms with Crippen LogP contribution in [0.25, 0.3) is 0 Å². The van der Waals surface area contributed by atoms with Crippen LogP contribution in [0.2, 0.25) is 0 Å². The van der Waals surface area contributed by atoms with Crippen LogP contribution in [0.5, 0.6) is 0 Å². The van der Waals surface area contributed by atoms with Crippen molar-refractivity contribution in [2.24, 2.45) is 0 Å².